The highest BCUT2D eigenvalue weighted by molar-refractivity contribution is 5.80. The lowest BCUT2D eigenvalue weighted by molar-refractivity contribution is 0.172. The fourth-order valence-corrected chi connectivity index (χ4v) is 3.16. The van der Waals surface area contributed by atoms with E-state index >= 15 is 0 Å². The summed E-state index contributed by atoms with van der Waals surface area (Å²) in [5.74, 6) is 3.27. The summed E-state index contributed by atoms with van der Waals surface area (Å²) in [5, 5.41) is 0. The van der Waals surface area contributed by atoms with Crippen molar-refractivity contribution in [3.8, 4) is 17.2 Å². The standard InChI is InChI=1S/C20H23N3O3/c1-14-3-5-15(6-4-14)24-8-2-7-23-17-12-19-18(25-9-10-26-19)11-16(17)22-20(23)13-21/h3-6,11-12H,2,7-10,13,21H2,1H3. The summed E-state index contributed by atoms with van der Waals surface area (Å²) in [6.07, 6.45) is 0.862. The van der Waals surface area contributed by atoms with Crippen molar-refractivity contribution in [2.45, 2.75) is 26.4 Å². The van der Waals surface area contributed by atoms with Crippen molar-refractivity contribution < 1.29 is 14.2 Å². The van der Waals surface area contributed by atoms with E-state index in [4.69, 9.17) is 19.9 Å². The van der Waals surface area contributed by atoms with Crippen LogP contribution in [0.3, 0.4) is 0 Å². The second-order valence-electron chi connectivity index (χ2n) is 6.38. The third kappa shape index (κ3) is 3.32. The molecule has 0 aliphatic carbocycles. The number of rotatable bonds is 6. The molecular weight excluding hydrogens is 330 g/mol. The van der Waals surface area contributed by atoms with E-state index in [-0.39, 0.29) is 0 Å². The summed E-state index contributed by atoms with van der Waals surface area (Å²) in [6.45, 7) is 5.02. The van der Waals surface area contributed by atoms with Gasteiger partial charge in [-0.1, -0.05) is 17.7 Å². The van der Waals surface area contributed by atoms with Crippen LogP contribution >= 0.6 is 0 Å². The first-order valence-corrected chi connectivity index (χ1v) is 8.93. The highest BCUT2D eigenvalue weighted by Gasteiger charge is 2.17. The van der Waals surface area contributed by atoms with Gasteiger partial charge < -0.3 is 24.5 Å². The van der Waals surface area contributed by atoms with E-state index in [2.05, 4.69) is 28.6 Å². The number of aromatic nitrogens is 2. The van der Waals surface area contributed by atoms with Crippen molar-refractivity contribution in [3.05, 3.63) is 47.8 Å². The van der Waals surface area contributed by atoms with E-state index in [9.17, 15) is 0 Å². The van der Waals surface area contributed by atoms with Gasteiger partial charge in [-0.25, -0.2) is 4.98 Å². The van der Waals surface area contributed by atoms with Gasteiger partial charge in [-0.3, -0.25) is 0 Å². The molecule has 0 saturated heterocycles. The molecule has 136 valence electrons. The van der Waals surface area contributed by atoms with Gasteiger partial charge in [0.15, 0.2) is 11.5 Å². The third-order valence-corrected chi connectivity index (χ3v) is 4.49. The third-order valence-electron chi connectivity index (χ3n) is 4.49. The zero-order valence-electron chi connectivity index (χ0n) is 14.9. The number of benzene rings is 2. The number of nitrogens with zero attached hydrogens (tertiary/aromatic N) is 2. The van der Waals surface area contributed by atoms with Crippen LogP contribution < -0.4 is 19.9 Å². The van der Waals surface area contributed by atoms with Gasteiger partial charge in [0, 0.05) is 18.7 Å². The topological polar surface area (TPSA) is 71.5 Å². The van der Waals surface area contributed by atoms with Crippen molar-refractivity contribution in [2.24, 2.45) is 5.73 Å². The molecule has 3 aromatic rings. The van der Waals surface area contributed by atoms with Gasteiger partial charge in [0.2, 0.25) is 0 Å². The Balaban J connectivity index is 1.48. The first kappa shape index (κ1) is 16.7. The van der Waals surface area contributed by atoms with Crippen molar-refractivity contribution in [1.82, 2.24) is 9.55 Å². The molecule has 2 N–H and O–H groups in total. The van der Waals surface area contributed by atoms with Crippen LogP contribution in [0, 0.1) is 6.92 Å². The van der Waals surface area contributed by atoms with Gasteiger partial charge >= 0.3 is 0 Å². The lowest BCUT2D eigenvalue weighted by Gasteiger charge is -2.18. The normalized spacial score (nSPS) is 13.2. The highest BCUT2D eigenvalue weighted by atomic mass is 16.6. The molecule has 1 aliphatic heterocycles. The molecule has 0 bridgehead atoms. The summed E-state index contributed by atoms with van der Waals surface area (Å²) in [5.41, 5.74) is 9.03. The maximum atomic E-state index is 5.90. The largest absolute Gasteiger partial charge is 0.494 e. The Bertz CT molecular complexity index is 903. The minimum absolute atomic E-state index is 0.389. The fraction of sp³-hybridized carbons (Fsp3) is 0.350. The number of ether oxygens (including phenoxy) is 3. The molecule has 2 aromatic carbocycles. The smallest absolute Gasteiger partial charge is 0.163 e. The molecule has 0 fully saturated rings. The number of nitrogens with two attached hydrogens (primary N) is 1. The quantitative estimate of drug-likeness (QED) is 0.690. The molecule has 0 amide bonds. The predicted octanol–water partition coefficient (Wildman–Crippen LogP) is 3.04. The van der Waals surface area contributed by atoms with Crippen LogP contribution in [0.15, 0.2) is 36.4 Å². The second kappa shape index (κ2) is 7.25. The van der Waals surface area contributed by atoms with Crippen LogP contribution in [0.2, 0.25) is 0 Å². The van der Waals surface area contributed by atoms with Gasteiger partial charge in [-0.05, 0) is 25.5 Å². The van der Waals surface area contributed by atoms with Gasteiger partial charge in [0.1, 0.15) is 24.8 Å². The van der Waals surface area contributed by atoms with Gasteiger partial charge in [-0.2, -0.15) is 0 Å². The molecule has 6 heteroatoms. The van der Waals surface area contributed by atoms with Crippen LogP contribution in [0.25, 0.3) is 11.0 Å². The molecule has 0 unspecified atom stereocenters. The number of aryl methyl sites for hydroxylation is 2. The number of hydrogen-bond donors (Lipinski definition) is 1. The molecule has 0 atom stereocenters. The molecule has 6 nitrogen and oxygen atoms in total. The monoisotopic (exact) mass is 353 g/mol. The average molecular weight is 353 g/mol. The van der Waals surface area contributed by atoms with E-state index in [1.807, 2.05) is 24.3 Å². The van der Waals surface area contributed by atoms with Crippen LogP contribution in [-0.4, -0.2) is 29.4 Å². The van der Waals surface area contributed by atoms with E-state index in [0.717, 1.165) is 47.1 Å². The Kier molecular flexibility index (Phi) is 4.67. The maximum absolute atomic E-state index is 5.90. The van der Waals surface area contributed by atoms with E-state index in [0.29, 0.717) is 26.4 Å². The average Bonchev–Trinajstić information content (AvgIpc) is 3.01. The van der Waals surface area contributed by atoms with Crippen molar-refractivity contribution >= 4 is 11.0 Å². The fourth-order valence-electron chi connectivity index (χ4n) is 3.16. The predicted molar refractivity (Wildman–Crippen MR) is 99.9 cm³/mol. The Morgan fingerprint density at radius 1 is 1.12 bits per heavy atom. The Morgan fingerprint density at radius 3 is 2.58 bits per heavy atom. The second-order valence-corrected chi connectivity index (χ2v) is 6.38. The van der Waals surface area contributed by atoms with Crippen molar-refractivity contribution in [3.63, 3.8) is 0 Å². The summed E-state index contributed by atoms with van der Waals surface area (Å²) < 4.78 is 19.3. The van der Waals surface area contributed by atoms with Crippen LogP contribution in [0.1, 0.15) is 17.8 Å². The van der Waals surface area contributed by atoms with Gasteiger partial charge in [-0.15, -0.1) is 0 Å². The van der Waals surface area contributed by atoms with Gasteiger partial charge in [0.25, 0.3) is 0 Å². The number of hydrogen-bond acceptors (Lipinski definition) is 5. The van der Waals surface area contributed by atoms with Crippen LogP contribution in [0.4, 0.5) is 0 Å². The first-order chi connectivity index (χ1) is 12.7. The molecule has 0 spiro atoms. The highest BCUT2D eigenvalue weighted by Crippen LogP contribution is 2.34. The SMILES string of the molecule is Cc1ccc(OCCCn2c(CN)nc3cc4c(cc32)OCCO4)cc1. The Labute approximate surface area is 152 Å². The van der Waals surface area contributed by atoms with Crippen molar-refractivity contribution in [1.29, 1.82) is 0 Å². The number of fused-ring (bicyclic) bond motifs is 2. The molecule has 0 radical (unpaired) electrons. The molecule has 1 aromatic heterocycles. The summed E-state index contributed by atoms with van der Waals surface area (Å²) in [7, 11) is 0. The molecule has 4 rings (SSSR count). The van der Waals surface area contributed by atoms with Crippen LogP contribution in [-0.2, 0) is 13.1 Å². The van der Waals surface area contributed by atoms with E-state index in [1.54, 1.807) is 0 Å². The minimum Gasteiger partial charge on any atom is -0.494 e. The molecule has 26 heavy (non-hydrogen) atoms. The van der Waals surface area contributed by atoms with Crippen LogP contribution in [0.5, 0.6) is 17.2 Å². The minimum atomic E-state index is 0.389. The maximum Gasteiger partial charge on any atom is 0.163 e. The molecular formula is C20H23N3O3. The van der Waals surface area contributed by atoms with E-state index in [1.165, 1.54) is 5.56 Å². The molecule has 0 saturated carbocycles. The Morgan fingerprint density at radius 2 is 1.85 bits per heavy atom. The summed E-state index contributed by atoms with van der Waals surface area (Å²) in [6, 6.07) is 12.0. The lowest BCUT2D eigenvalue weighted by atomic mass is 10.2. The summed E-state index contributed by atoms with van der Waals surface area (Å²) >= 11 is 0. The zero-order chi connectivity index (χ0) is 17.9. The Hall–Kier alpha value is -2.73. The summed E-state index contributed by atoms with van der Waals surface area (Å²) in [4.78, 5) is 4.65. The van der Waals surface area contributed by atoms with Gasteiger partial charge in [0.05, 0.1) is 24.2 Å². The first-order valence-electron chi connectivity index (χ1n) is 8.93. The van der Waals surface area contributed by atoms with Crippen molar-refractivity contribution in [2.75, 3.05) is 19.8 Å². The van der Waals surface area contributed by atoms with E-state index < -0.39 is 0 Å². The molecule has 2 heterocycles. The molecule has 1 aliphatic rings. The zero-order valence-corrected chi connectivity index (χ0v) is 14.9. The number of imidazole rings is 1. The lowest BCUT2D eigenvalue weighted by Crippen LogP contribution is -2.15.